The molecule has 0 aliphatic heterocycles. The van der Waals surface area contributed by atoms with Crippen LogP contribution in [0.25, 0.3) is 127 Å². The van der Waals surface area contributed by atoms with E-state index in [1.807, 2.05) is 24.3 Å². The van der Waals surface area contributed by atoms with Gasteiger partial charge in [0.25, 0.3) is 0 Å². The van der Waals surface area contributed by atoms with Gasteiger partial charge in [0.15, 0.2) is 17.5 Å². The molecule has 9 aromatic carbocycles. The molecule has 0 fully saturated rings. The first kappa shape index (κ1) is 32.0. The summed E-state index contributed by atoms with van der Waals surface area (Å²) in [7, 11) is 0. The molecule has 0 spiro atoms. The van der Waals surface area contributed by atoms with E-state index in [4.69, 9.17) is 23.8 Å². The molecule has 59 heavy (non-hydrogen) atoms. The lowest BCUT2D eigenvalue weighted by Crippen LogP contribution is -2.01. The zero-order valence-electron chi connectivity index (χ0n) is 31.4. The van der Waals surface area contributed by atoms with E-state index in [0.717, 1.165) is 110 Å². The van der Waals surface area contributed by atoms with Gasteiger partial charge in [-0.15, -0.1) is 0 Å². The van der Waals surface area contributed by atoms with Crippen molar-refractivity contribution >= 4 is 87.2 Å². The number of hydrogen-bond donors (Lipinski definition) is 0. The average Bonchev–Trinajstić information content (AvgIpc) is 3.99. The fourth-order valence-electron chi connectivity index (χ4n) is 9.27. The van der Waals surface area contributed by atoms with Gasteiger partial charge in [0.1, 0.15) is 22.3 Å². The lowest BCUT2D eigenvalue weighted by atomic mass is 9.98. The topological polar surface area (TPSA) is 69.9 Å². The van der Waals surface area contributed by atoms with Crippen LogP contribution in [0.5, 0.6) is 0 Å². The van der Waals surface area contributed by atoms with Crippen LogP contribution in [0.15, 0.2) is 191 Å². The van der Waals surface area contributed by atoms with Crippen LogP contribution in [-0.4, -0.2) is 19.5 Å². The molecule has 0 N–H and O–H groups in total. The second-order valence-electron chi connectivity index (χ2n) is 15.1. The molecule has 4 aromatic heterocycles. The van der Waals surface area contributed by atoms with Crippen LogP contribution in [0.4, 0.5) is 0 Å². The van der Waals surface area contributed by atoms with Gasteiger partial charge in [-0.1, -0.05) is 133 Å². The summed E-state index contributed by atoms with van der Waals surface area (Å²) < 4.78 is 15.7. The Morgan fingerprint density at radius 1 is 0.339 bits per heavy atom. The van der Waals surface area contributed by atoms with Crippen molar-refractivity contribution in [3.05, 3.63) is 182 Å². The third-order valence-corrected chi connectivity index (χ3v) is 11.8. The average molecular weight is 755 g/mol. The lowest BCUT2D eigenvalue weighted by molar-refractivity contribution is 0.672. The minimum absolute atomic E-state index is 0.560. The van der Waals surface area contributed by atoms with E-state index in [9.17, 15) is 0 Å². The lowest BCUT2D eigenvalue weighted by Gasteiger charge is -2.13. The molecule has 0 amide bonds. The van der Waals surface area contributed by atoms with Crippen LogP contribution in [0.2, 0.25) is 0 Å². The molecule has 13 rings (SSSR count). The van der Waals surface area contributed by atoms with Crippen molar-refractivity contribution in [2.24, 2.45) is 0 Å². The molecule has 13 aromatic rings. The molecule has 0 saturated heterocycles. The molecule has 0 aliphatic rings. The summed E-state index contributed by atoms with van der Waals surface area (Å²) in [6.45, 7) is 0. The SMILES string of the molecule is c1ccc(-n2c3ccccc3c3c(-c4nc(-c5cc6ccccc6c6oc7ccccc7c56)nc(-c5cc6ccccc6c6oc7ccccc7c56)n4)cccc32)cc1. The van der Waals surface area contributed by atoms with Gasteiger partial charge in [-0.2, -0.15) is 0 Å². The molecule has 0 bridgehead atoms. The number of benzene rings is 9. The molecular weight excluding hydrogens is 725 g/mol. The van der Waals surface area contributed by atoms with E-state index >= 15 is 0 Å². The molecule has 6 heteroatoms. The minimum Gasteiger partial charge on any atom is -0.455 e. The fraction of sp³-hybridized carbons (Fsp3) is 0. The van der Waals surface area contributed by atoms with Crippen molar-refractivity contribution in [3.8, 4) is 39.9 Å². The van der Waals surface area contributed by atoms with Gasteiger partial charge in [0.05, 0.1) is 11.0 Å². The molecule has 0 atom stereocenters. The monoisotopic (exact) mass is 754 g/mol. The van der Waals surface area contributed by atoms with Gasteiger partial charge in [0.2, 0.25) is 0 Å². The highest BCUT2D eigenvalue weighted by Crippen LogP contribution is 2.45. The van der Waals surface area contributed by atoms with Gasteiger partial charge < -0.3 is 13.4 Å². The highest BCUT2D eigenvalue weighted by atomic mass is 16.3. The Balaban J connectivity index is 1.19. The van der Waals surface area contributed by atoms with Gasteiger partial charge in [-0.3, -0.25) is 0 Å². The first-order valence-electron chi connectivity index (χ1n) is 19.8. The number of hydrogen-bond acceptors (Lipinski definition) is 5. The number of aromatic nitrogens is 4. The summed E-state index contributed by atoms with van der Waals surface area (Å²) in [5, 5.41) is 10.3. The Bertz CT molecular complexity index is 3690. The second-order valence-corrected chi connectivity index (χ2v) is 15.1. The van der Waals surface area contributed by atoms with Crippen LogP contribution in [0, 0.1) is 0 Å². The van der Waals surface area contributed by atoms with Crippen LogP contribution in [0.3, 0.4) is 0 Å². The predicted molar refractivity (Wildman–Crippen MR) is 240 cm³/mol. The Hall–Kier alpha value is -8.09. The Morgan fingerprint density at radius 3 is 1.39 bits per heavy atom. The zero-order chi connectivity index (χ0) is 38.6. The second kappa shape index (κ2) is 12.2. The van der Waals surface area contributed by atoms with Crippen molar-refractivity contribution in [2.45, 2.75) is 0 Å². The van der Waals surface area contributed by atoms with E-state index in [-0.39, 0.29) is 0 Å². The number of rotatable bonds is 4. The number of para-hydroxylation sites is 4. The smallest absolute Gasteiger partial charge is 0.164 e. The van der Waals surface area contributed by atoms with E-state index in [1.165, 1.54) is 0 Å². The Labute approximate surface area is 336 Å². The molecule has 0 saturated carbocycles. The summed E-state index contributed by atoms with van der Waals surface area (Å²) in [6.07, 6.45) is 0. The predicted octanol–water partition coefficient (Wildman–Crippen LogP) is 14.1. The molecule has 6 nitrogen and oxygen atoms in total. The standard InChI is InChI=1S/C53H30N4O2/c1-2-17-33(18-3-1)57-42-25-11-8-21-36(42)46-39(24-14-26-43(46)57)51-54-52(40-29-31-15-4-6-19-34(31)49-47(40)37-22-9-12-27-44(37)58-49)56-53(55-51)41-30-32-16-5-7-20-35(32)50-48(41)38-23-10-13-28-45(38)59-50/h1-30H. The van der Waals surface area contributed by atoms with Crippen LogP contribution in [0.1, 0.15) is 0 Å². The van der Waals surface area contributed by atoms with Gasteiger partial charge >= 0.3 is 0 Å². The van der Waals surface area contributed by atoms with Crippen molar-refractivity contribution in [1.82, 2.24) is 19.5 Å². The maximum absolute atomic E-state index is 6.67. The zero-order valence-corrected chi connectivity index (χ0v) is 31.4. The third-order valence-electron chi connectivity index (χ3n) is 11.8. The molecule has 0 aliphatic carbocycles. The quantitative estimate of drug-likeness (QED) is 0.179. The van der Waals surface area contributed by atoms with Crippen molar-refractivity contribution < 1.29 is 8.83 Å². The maximum Gasteiger partial charge on any atom is 0.164 e. The summed E-state index contributed by atoms with van der Waals surface area (Å²) in [6, 6.07) is 63.1. The maximum atomic E-state index is 6.67. The van der Waals surface area contributed by atoms with E-state index < -0.39 is 0 Å². The summed E-state index contributed by atoms with van der Waals surface area (Å²) >= 11 is 0. The van der Waals surface area contributed by atoms with Crippen LogP contribution < -0.4 is 0 Å². The van der Waals surface area contributed by atoms with E-state index in [2.05, 4.69) is 162 Å². The summed E-state index contributed by atoms with van der Waals surface area (Å²) in [5.41, 5.74) is 9.19. The highest BCUT2D eigenvalue weighted by molar-refractivity contribution is 6.23. The van der Waals surface area contributed by atoms with Crippen LogP contribution >= 0.6 is 0 Å². The van der Waals surface area contributed by atoms with E-state index in [0.29, 0.717) is 17.5 Å². The number of fused-ring (bicyclic) bond motifs is 13. The van der Waals surface area contributed by atoms with Crippen molar-refractivity contribution in [2.75, 3.05) is 0 Å². The first-order chi connectivity index (χ1) is 29.3. The number of furan rings is 2. The van der Waals surface area contributed by atoms with Crippen molar-refractivity contribution in [1.29, 1.82) is 0 Å². The largest absolute Gasteiger partial charge is 0.455 e. The normalized spacial score (nSPS) is 12.1. The minimum atomic E-state index is 0.560. The van der Waals surface area contributed by atoms with Gasteiger partial charge in [-0.25, -0.2) is 15.0 Å². The Kier molecular flexibility index (Phi) is 6.63. The molecular formula is C53H30N4O2. The fourth-order valence-corrected chi connectivity index (χ4v) is 9.27. The summed E-state index contributed by atoms with van der Waals surface area (Å²) in [5.74, 6) is 1.70. The summed E-state index contributed by atoms with van der Waals surface area (Å²) in [4.78, 5) is 16.4. The Morgan fingerprint density at radius 2 is 0.797 bits per heavy atom. The first-order valence-corrected chi connectivity index (χ1v) is 19.8. The van der Waals surface area contributed by atoms with Crippen LogP contribution in [-0.2, 0) is 0 Å². The van der Waals surface area contributed by atoms with Crippen molar-refractivity contribution in [3.63, 3.8) is 0 Å². The van der Waals surface area contributed by atoms with E-state index in [1.54, 1.807) is 0 Å². The molecule has 274 valence electrons. The number of nitrogens with zero attached hydrogens (tertiary/aromatic N) is 4. The van der Waals surface area contributed by atoms with Gasteiger partial charge in [0, 0.05) is 65.5 Å². The molecule has 0 radical (unpaired) electrons. The highest BCUT2D eigenvalue weighted by Gasteiger charge is 2.25. The molecule has 0 unspecified atom stereocenters. The van der Waals surface area contributed by atoms with Gasteiger partial charge in [-0.05, 0) is 59.3 Å². The molecule has 4 heterocycles. The third kappa shape index (κ3) is 4.65.